The normalized spacial score (nSPS) is 12.9. The van der Waals surface area contributed by atoms with Crippen LogP contribution in [-0.2, 0) is 9.84 Å². The third kappa shape index (κ3) is 4.88. The summed E-state index contributed by atoms with van der Waals surface area (Å²) in [5, 5.41) is 3.27. The lowest BCUT2D eigenvalue weighted by Gasteiger charge is -2.18. The van der Waals surface area contributed by atoms with Crippen LogP contribution in [-0.4, -0.2) is 43.7 Å². The van der Waals surface area contributed by atoms with Gasteiger partial charge in [-0.05, 0) is 24.6 Å². The summed E-state index contributed by atoms with van der Waals surface area (Å²) in [4.78, 5) is 15.5. The summed E-state index contributed by atoms with van der Waals surface area (Å²) in [6, 6.07) is 6.74. The van der Waals surface area contributed by atoms with Crippen LogP contribution < -0.4 is 10.2 Å². The molecule has 2 rings (SSSR count). The summed E-state index contributed by atoms with van der Waals surface area (Å²) in [6.45, 7) is 6.04. The van der Waals surface area contributed by atoms with E-state index in [1.54, 1.807) is 24.3 Å². The first-order valence-electron chi connectivity index (χ1n) is 8.07. The third-order valence-corrected chi connectivity index (χ3v) is 4.84. The predicted molar refractivity (Wildman–Crippen MR) is 99.8 cm³/mol. The molecular formula is C17H25N5O2S. The van der Waals surface area contributed by atoms with E-state index in [-0.39, 0.29) is 12.0 Å². The molecule has 0 saturated heterocycles. The van der Waals surface area contributed by atoms with Crippen LogP contribution in [0.15, 0.2) is 29.2 Å². The van der Waals surface area contributed by atoms with Crippen molar-refractivity contribution >= 4 is 21.7 Å². The highest BCUT2D eigenvalue weighted by Crippen LogP contribution is 2.21. The number of nitrogens with one attached hydrogen (secondary N) is 1. The Morgan fingerprint density at radius 2 is 1.60 bits per heavy atom. The minimum absolute atomic E-state index is 0.0777. The van der Waals surface area contributed by atoms with Crippen molar-refractivity contribution in [3.8, 4) is 0 Å². The van der Waals surface area contributed by atoms with E-state index >= 15 is 0 Å². The molecule has 2 aromatic rings. The van der Waals surface area contributed by atoms with Crippen LogP contribution in [0, 0.1) is 0 Å². The molecule has 136 valence electrons. The van der Waals surface area contributed by atoms with E-state index in [1.165, 1.54) is 6.26 Å². The standard InChI is InChI=1S/C17H25N5O2S/c1-11(2)15-19-16(21-17(20-15)22(4)5)18-12(3)13-7-9-14(10-8-13)25(6,23)24/h7-12H,1-6H3,(H,18,19,20,21). The molecule has 1 aromatic carbocycles. The number of rotatable bonds is 6. The first kappa shape index (κ1) is 19.1. The quantitative estimate of drug-likeness (QED) is 0.844. The van der Waals surface area contributed by atoms with Gasteiger partial charge in [-0.1, -0.05) is 26.0 Å². The number of benzene rings is 1. The Hall–Kier alpha value is -2.22. The summed E-state index contributed by atoms with van der Waals surface area (Å²) < 4.78 is 23.1. The molecule has 8 heteroatoms. The average Bonchev–Trinajstić information content (AvgIpc) is 2.53. The maximum Gasteiger partial charge on any atom is 0.229 e. The van der Waals surface area contributed by atoms with Crippen molar-refractivity contribution in [2.24, 2.45) is 0 Å². The Bertz CT molecular complexity index is 806. The second-order valence-electron chi connectivity index (χ2n) is 6.57. The van der Waals surface area contributed by atoms with Crippen molar-refractivity contribution in [3.05, 3.63) is 35.7 Å². The maximum absolute atomic E-state index is 11.6. The molecule has 0 saturated carbocycles. The summed E-state index contributed by atoms with van der Waals surface area (Å²) in [5.74, 6) is 2.01. The van der Waals surface area contributed by atoms with Crippen LogP contribution in [0.5, 0.6) is 0 Å². The zero-order chi connectivity index (χ0) is 18.8. The molecule has 0 amide bonds. The van der Waals surface area contributed by atoms with Crippen molar-refractivity contribution in [3.63, 3.8) is 0 Å². The van der Waals surface area contributed by atoms with Crippen LogP contribution in [0.2, 0.25) is 0 Å². The zero-order valence-electron chi connectivity index (χ0n) is 15.5. The largest absolute Gasteiger partial charge is 0.348 e. The van der Waals surface area contributed by atoms with Crippen molar-refractivity contribution < 1.29 is 8.42 Å². The fourth-order valence-corrected chi connectivity index (χ4v) is 2.81. The van der Waals surface area contributed by atoms with Crippen LogP contribution >= 0.6 is 0 Å². The lowest BCUT2D eigenvalue weighted by Crippen LogP contribution is -2.18. The number of hydrogen-bond donors (Lipinski definition) is 1. The molecule has 1 aromatic heterocycles. The van der Waals surface area contributed by atoms with Crippen molar-refractivity contribution in [1.82, 2.24) is 15.0 Å². The number of aromatic nitrogens is 3. The molecule has 1 N–H and O–H groups in total. The van der Waals surface area contributed by atoms with Crippen LogP contribution in [0.1, 0.15) is 44.1 Å². The summed E-state index contributed by atoms with van der Waals surface area (Å²) in [5.41, 5.74) is 0.949. The third-order valence-electron chi connectivity index (χ3n) is 3.71. The van der Waals surface area contributed by atoms with E-state index in [4.69, 9.17) is 0 Å². The molecule has 0 aliphatic heterocycles. The van der Waals surface area contributed by atoms with Gasteiger partial charge in [0.25, 0.3) is 0 Å². The smallest absolute Gasteiger partial charge is 0.229 e. The van der Waals surface area contributed by atoms with Gasteiger partial charge in [-0.25, -0.2) is 8.42 Å². The van der Waals surface area contributed by atoms with Gasteiger partial charge in [0.1, 0.15) is 5.82 Å². The Labute approximate surface area is 149 Å². The zero-order valence-corrected chi connectivity index (χ0v) is 16.3. The molecule has 0 fully saturated rings. The van der Waals surface area contributed by atoms with Crippen molar-refractivity contribution in [2.45, 2.75) is 37.6 Å². The molecule has 1 atom stereocenters. The van der Waals surface area contributed by atoms with Crippen LogP contribution in [0.25, 0.3) is 0 Å². The minimum atomic E-state index is -3.19. The minimum Gasteiger partial charge on any atom is -0.348 e. The lowest BCUT2D eigenvalue weighted by atomic mass is 10.1. The van der Waals surface area contributed by atoms with E-state index in [2.05, 4.69) is 20.3 Å². The molecule has 0 bridgehead atoms. The Morgan fingerprint density at radius 3 is 2.08 bits per heavy atom. The van der Waals surface area contributed by atoms with Crippen LogP contribution in [0.3, 0.4) is 0 Å². The highest BCUT2D eigenvalue weighted by molar-refractivity contribution is 7.90. The summed E-state index contributed by atoms with van der Waals surface area (Å²) >= 11 is 0. The molecule has 7 nitrogen and oxygen atoms in total. The second-order valence-corrected chi connectivity index (χ2v) is 8.59. The number of sulfone groups is 1. The van der Waals surface area contributed by atoms with Crippen molar-refractivity contribution in [2.75, 3.05) is 30.6 Å². The van der Waals surface area contributed by atoms with E-state index in [9.17, 15) is 8.42 Å². The van der Waals surface area contributed by atoms with E-state index in [0.29, 0.717) is 16.8 Å². The predicted octanol–water partition coefficient (Wildman–Crippen LogP) is 2.64. The van der Waals surface area contributed by atoms with Gasteiger partial charge in [-0.2, -0.15) is 15.0 Å². The van der Waals surface area contributed by atoms with Crippen LogP contribution in [0.4, 0.5) is 11.9 Å². The Morgan fingerprint density at radius 1 is 1.00 bits per heavy atom. The average molecular weight is 363 g/mol. The van der Waals surface area contributed by atoms with Crippen molar-refractivity contribution in [1.29, 1.82) is 0 Å². The van der Waals surface area contributed by atoms with Gasteiger partial charge in [-0.3, -0.25) is 0 Å². The Kier molecular flexibility index (Phi) is 5.62. The summed E-state index contributed by atoms with van der Waals surface area (Å²) in [7, 11) is 0.578. The molecule has 25 heavy (non-hydrogen) atoms. The van der Waals surface area contributed by atoms with Gasteiger partial charge in [0, 0.05) is 26.3 Å². The number of nitrogens with zero attached hydrogens (tertiary/aromatic N) is 4. The molecule has 0 aliphatic carbocycles. The lowest BCUT2D eigenvalue weighted by molar-refractivity contribution is 0.602. The molecule has 0 spiro atoms. The highest BCUT2D eigenvalue weighted by atomic mass is 32.2. The Balaban J connectivity index is 2.26. The SMILES string of the molecule is CC(C)c1nc(NC(C)c2ccc(S(C)(=O)=O)cc2)nc(N(C)C)n1. The number of anilines is 2. The van der Waals surface area contributed by atoms with Gasteiger partial charge in [0.15, 0.2) is 9.84 Å². The van der Waals surface area contributed by atoms with Gasteiger partial charge in [0.2, 0.25) is 11.9 Å². The van der Waals surface area contributed by atoms with Gasteiger partial charge < -0.3 is 10.2 Å². The van der Waals surface area contributed by atoms with E-state index in [1.807, 2.05) is 39.8 Å². The molecular weight excluding hydrogens is 338 g/mol. The molecule has 0 aliphatic rings. The fourth-order valence-electron chi connectivity index (χ4n) is 2.18. The maximum atomic E-state index is 11.6. The molecule has 1 heterocycles. The topological polar surface area (TPSA) is 88.1 Å². The first-order valence-corrected chi connectivity index (χ1v) is 9.97. The van der Waals surface area contributed by atoms with E-state index < -0.39 is 9.84 Å². The fraction of sp³-hybridized carbons (Fsp3) is 0.471. The molecule has 1 unspecified atom stereocenters. The van der Waals surface area contributed by atoms with Gasteiger partial charge in [-0.15, -0.1) is 0 Å². The molecule has 0 radical (unpaired) electrons. The van der Waals surface area contributed by atoms with Gasteiger partial charge >= 0.3 is 0 Å². The van der Waals surface area contributed by atoms with E-state index in [0.717, 1.165) is 11.4 Å². The monoisotopic (exact) mass is 363 g/mol. The first-order chi connectivity index (χ1) is 11.6. The van der Waals surface area contributed by atoms with Gasteiger partial charge in [0.05, 0.1) is 10.9 Å². The summed E-state index contributed by atoms with van der Waals surface area (Å²) in [6.07, 6.45) is 1.20. The second kappa shape index (κ2) is 7.35. The highest BCUT2D eigenvalue weighted by Gasteiger charge is 2.14. The number of hydrogen-bond acceptors (Lipinski definition) is 7.